The van der Waals surface area contributed by atoms with Crippen LogP contribution in [0.2, 0.25) is 0 Å². The molecule has 1 aromatic carbocycles. The molecule has 0 spiro atoms. The predicted octanol–water partition coefficient (Wildman–Crippen LogP) is 4.30. The molecule has 7 heteroatoms. The van der Waals surface area contributed by atoms with E-state index in [1.54, 1.807) is 6.07 Å². The highest BCUT2D eigenvalue weighted by Gasteiger charge is 2.34. The highest BCUT2D eigenvalue weighted by atomic mass is 19.4. The van der Waals surface area contributed by atoms with Crippen LogP contribution in [0.4, 0.5) is 13.2 Å². The summed E-state index contributed by atoms with van der Waals surface area (Å²) >= 11 is 0. The van der Waals surface area contributed by atoms with Crippen molar-refractivity contribution >= 4 is 5.91 Å². The molecule has 1 amide bonds. The van der Waals surface area contributed by atoms with Crippen molar-refractivity contribution in [3.05, 3.63) is 53.3 Å². The highest BCUT2D eigenvalue weighted by molar-refractivity contribution is 5.95. The van der Waals surface area contributed by atoms with Gasteiger partial charge in [0, 0.05) is 24.3 Å². The van der Waals surface area contributed by atoms with Crippen molar-refractivity contribution in [2.24, 2.45) is 0 Å². The number of carbonyl (C=O) groups excluding carboxylic acids is 1. The zero-order valence-electron chi connectivity index (χ0n) is 14.7. The zero-order valence-corrected chi connectivity index (χ0v) is 14.7. The minimum atomic E-state index is -4.45. The monoisotopic (exact) mass is 365 g/mol. The van der Waals surface area contributed by atoms with Crippen molar-refractivity contribution in [3.8, 4) is 0 Å². The SMILES string of the molecule is Cc1ccccc1C(=O)N(CCn1ccc(C(F)(F)F)n1)C1CCCC1. The molecule has 3 rings (SSSR count). The molecule has 1 aliphatic carbocycles. The van der Waals surface area contributed by atoms with Gasteiger partial charge in [-0.05, 0) is 37.5 Å². The fourth-order valence-corrected chi connectivity index (χ4v) is 3.48. The molecule has 0 bridgehead atoms. The molecule has 1 heterocycles. The zero-order chi connectivity index (χ0) is 18.7. The van der Waals surface area contributed by atoms with Crippen LogP contribution < -0.4 is 0 Å². The van der Waals surface area contributed by atoms with E-state index in [1.807, 2.05) is 30.0 Å². The number of hydrogen-bond donors (Lipinski definition) is 0. The Labute approximate surface area is 150 Å². The van der Waals surface area contributed by atoms with E-state index >= 15 is 0 Å². The second-order valence-corrected chi connectivity index (χ2v) is 6.71. The lowest BCUT2D eigenvalue weighted by Crippen LogP contribution is -2.41. The number of hydrogen-bond acceptors (Lipinski definition) is 2. The van der Waals surface area contributed by atoms with Gasteiger partial charge in [0.2, 0.25) is 0 Å². The van der Waals surface area contributed by atoms with Crippen molar-refractivity contribution in [3.63, 3.8) is 0 Å². The second kappa shape index (κ2) is 7.51. The Morgan fingerprint density at radius 3 is 2.54 bits per heavy atom. The maximum absolute atomic E-state index is 13.1. The Balaban J connectivity index is 1.76. The molecule has 0 N–H and O–H groups in total. The number of aryl methyl sites for hydroxylation is 1. The van der Waals surface area contributed by atoms with Gasteiger partial charge >= 0.3 is 6.18 Å². The molecule has 26 heavy (non-hydrogen) atoms. The molecule has 1 aromatic heterocycles. The lowest BCUT2D eigenvalue weighted by atomic mass is 10.1. The summed E-state index contributed by atoms with van der Waals surface area (Å²) in [4.78, 5) is 14.9. The first-order chi connectivity index (χ1) is 12.4. The lowest BCUT2D eigenvalue weighted by molar-refractivity contribution is -0.141. The first kappa shape index (κ1) is 18.5. The van der Waals surface area contributed by atoms with Crippen LogP contribution in [-0.4, -0.2) is 33.2 Å². The van der Waals surface area contributed by atoms with Gasteiger partial charge in [-0.1, -0.05) is 31.0 Å². The van der Waals surface area contributed by atoms with E-state index in [0.29, 0.717) is 12.1 Å². The van der Waals surface area contributed by atoms with Gasteiger partial charge in [-0.3, -0.25) is 9.48 Å². The fourth-order valence-electron chi connectivity index (χ4n) is 3.48. The topological polar surface area (TPSA) is 38.1 Å². The summed E-state index contributed by atoms with van der Waals surface area (Å²) in [6.45, 7) is 2.48. The first-order valence-corrected chi connectivity index (χ1v) is 8.83. The number of alkyl halides is 3. The number of amides is 1. The van der Waals surface area contributed by atoms with Gasteiger partial charge < -0.3 is 4.90 Å². The van der Waals surface area contributed by atoms with Gasteiger partial charge in [0.1, 0.15) is 0 Å². The first-order valence-electron chi connectivity index (χ1n) is 8.83. The van der Waals surface area contributed by atoms with Crippen LogP contribution in [0.3, 0.4) is 0 Å². The molecule has 1 saturated carbocycles. The Hall–Kier alpha value is -2.31. The van der Waals surface area contributed by atoms with Crippen molar-refractivity contribution in [1.82, 2.24) is 14.7 Å². The Kier molecular flexibility index (Phi) is 5.34. The molecule has 1 aliphatic rings. The lowest BCUT2D eigenvalue weighted by Gasteiger charge is -2.29. The van der Waals surface area contributed by atoms with E-state index in [9.17, 15) is 18.0 Å². The quantitative estimate of drug-likeness (QED) is 0.793. The summed E-state index contributed by atoms with van der Waals surface area (Å²) in [5.41, 5.74) is 0.643. The third kappa shape index (κ3) is 4.08. The van der Waals surface area contributed by atoms with Crippen LogP contribution in [0, 0.1) is 6.92 Å². The Morgan fingerprint density at radius 1 is 1.23 bits per heavy atom. The van der Waals surface area contributed by atoms with Crippen LogP contribution in [0.5, 0.6) is 0 Å². The van der Waals surface area contributed by atoms with Gasteiger partial charge in [0.25, 0.3) is 5.91 Å². The summed E-state index contributed by atoms with van der Waals surface area (Å²) < 4.78 is 39.4. The van der Waals surface area contributed by atoms with Gasteiger partial charge in [-0.25, -0.2) is 0 Å². The molecule has 140 valence electrons. The molecular weight excluding hydrogens is 343 g/mol. The third-order valence-corrected chi connectivity index (χ3v) is 4.90. The molecule has 2 aromatic rings. The molecule has 0 atom stereocenters. The van der Waals surface area contributed by atoms with Gasteiger partial charge in [-0.15, -0.1) is 0 Å². The molecule has 0 unspecified atom stereocenters. The summed E-state index contributed by atoms with van der Waals surface area (Å²) in [7, 11) is 0. The Morgan fingerprint density at radius 2 is 1.92 bits per heavy atom. The molecule has 4 nitrogen and oxygen atoms in total. The van der Waals surface area contributed by atoms with E-state index < -0.39 is 11.9 Å². The largest absolute Gasteiger partial charge is 0.435 e. The van der Waals surface area contributed by atoms with Crippen LogP contribution in [0.1, 0.15) is 47.3 Å². The van der Waals surface area contributed by atoms with Crippen molar-refractivity contribution < 1.29 is 18.0 Å². The number of nitrogens with zero attached hydrogens (tertiary/aromatic N) is 3. The number of halogens is 3. The normalized spacial score (nSPS) is 15.4. The van der Waals surface area contributed by atoms with E-state index in [0.717, 1.165) is 37.3 Å². The standard InChI is InChI=1S/C19H22F3N3O/c1-14-6-2-5-9-16(14)18(26)25(15-7-3-4-8-15)13-12-24-11-10-17(23-24)19(20,21)22/h2,5-6,9-11,15H,3-4,7-8,12-13H2,1H3. The molecular formula is C19H22F3N3O. The average molecular weight is 365 g/mol. The fraction of sp³-hybridized carbons (Fsp3) is 0.474. The van der Waals surface area contributed by atoms with Crippen LogP contribution in [0.25, 0.3) is 0 Å². The van der Waals surface area contributed by atoms with Gasteiger partial charge in [0.15, 0.2) is 5.69 Å². The van der Waals surface area contributed by atoms with Crippen LogP contribution >= 0.6 is 0 Å². The highest BCUT2D eigenvalue weighted by Crippen LogP contribution is 2.28. The van der Waals surface area contributed by atoms with Gasteiger partial charge in [0.05, 0.1) is 6.54 Å². The number of aromatic nitrogens is 2. The number of rotatable bonds is 5. The van der Waals surface area contributed by atoms with E-state index in [1.165, 1.54) is 10.9 Å². The summed E-state index contributed by atoms with van der Waals surface area (Å²) in [6, 6.07) is 8.51. The molecule has 0 radical (unpaired) electrons. The van der Waals surface area contributed by atoms with Crippen molar-refractivity contribution in [1.29, 1.82) is 0 Å². The molecule has 1 fully saturated rings. The van der Waals surface area contributed by atoms with Crippen molar-refractivity contribution in [2.75, 3.05) is 6.54 Å². The van der Waals surface area contributed by atoms with Crippen molar-refractivity contribution in [2.45, 2.75) is 51.4 Å². The third-order valence-electron chi connectivity index (χ3n) is 4.90. The van der Waals surface area contributed by atoms with E-state index in [2.05, 4.69) is 5.10 Å². The Bertz CT molecular complexity index is 763. The summed E-state index contributed by atoms with van der Waals surface area (Å²) in [5, 5.41) is 3.58. The van der Waals surface area contributed by atoms with E-state index in [4.69, 9.17) is 0 Å². The number of benzene rings is 1. The number of carbonyl (C=O) groups is 1. The smallest absolute Gasteiger partial charge is 0.334 e. The summed E-state index contributed by atoms with van der Waals surface area (Å²) in [5.74, 6) is -0.0572. The maximum Gasteiger partial charge on any atom is 0.435 e. The van der Waals surface area contributed by atoms with Gasteiger partial charge in [-0.2, -0.15) is 18.3 Å². The van der Waals surface area contributed by atoms with E-state index in [-0.39, 0.29) is 18.5 Å². The second-order valence-electron chi connectivity index (χ2n) is 6.71. The summed E-state index contributed by atoms with van der Waals surface area (Å²) in [6.07, 6.45) is 0.876. The maximum atomic E-state index is 13.1. The molecule has 0 aliphatic heterocycles. The van der Waals surface area contributed by atoms with Crippen LogP contribution in [0.15, 0.2) is 36.5 Å². The minimum Gasteiger partial charge on any atom is -0.334 e. The van der Waals surface area contributed by atoms with Crippen LogP contribution in [-0.2, 0) is 12.7 Å². The molecule has 0 saturated heterocycles. The predicted molar refractivity (Wildman–Crippen MR) is 91.7 cm³/mol. The average Bonchev–Trinajstić information content (AvgIpc) is 3.26. The minimum absolute atomic E-state index is 0.0572.